The summed E-state index contributed by atoms with van der Waals surface area (Å²) in [4.78, 5) is 15.7. The summed E-state index contributed by atoms with van der Waals surface area (Å²) in [5, 5.41) is 11.8. The number of hydrogen-bond donors (Lipinski definition) is 2. The van der Waals surface area contributed by atoms with Crippen LogP contribution in [0.25, 0.3) is 0 Å². The zero-order valence-electron chi connectivity index (χ0n) is 9.39. The van der Waals surface area contributed by atoms with Crippen LogP contribution in [-0.2, 0) is 0 Å². The monoisotopic (exact) mass is 212 g/mol. The zero-order chi connectivity index (χ0) is 11.4. The van der Waals surface area contributed by atoms with Crippen molar-refractivity contribution in [3.05, 3.63) is 0 Å². The van der Waals surface area contributed by atoms with E-state index < -0.39 is 0 Å². The highest BCUT2D eigenvalue weighted by atomic mass is 16.3. The van der Waals surface area contributed by atoms with Gasteiger partial charge in [0.25, 0.3) is 0 Å². The Kier molecular flexibility index (Phi) is 3.62. The molecule has 0 saturated heterocycles. The first-order valence-corrected chi connectivity index (χ1v) is 4.51. The molecule has 15 heavy (non-hydrogen) atoms. The van der Waals surface area contributed by atoms with Crippen LogP contribution in [0.2, 0.25) is 0 Å². The highest BCUT2D eigenvalue weighted by Gasteiger charge is 2.09. The Morgan fingerprint density at radius 1 is 1.13 bits per heavy atom. The van der Waals surface area contributed by atoms with Gasteiger partial charge in [-0.2, -0.15) is 15.0 Å². The number of nitrogens with zero attached hydrogens (tertiary/aromatic N) is 5. The van der Waals surface area contributed by atoms with Gasteiger partial charge >= 0.3 is 0 Å². The van der Waals surface area contributed by atoms with Crippen LogP contribution in [0, 0.1) is 0 Å². The molecule has 7 nitrogen and oxygen atoms in total. The first-order valence-electron chi connectivity index (χ1n) is 4.51. The molecule has 84 valence electrons. The maximum absolute atomic E-state index is 8.97. The van der Waals surface area contributed by atoms with Gasteiger partial charge in [-0.25, -0.2) is 0 Å². The molecule has 1 aromatic rings. The standard InChI is InChI=1S/C8H16N6O/c1-9-6-10-7(13(2)3)12-8(11-6)14(4)5-15/h15H,5H2,1-4H3,(H,9,10,11,12). The molecule has 1 heterocycles. The Bertz CT molecular complexity index is 329. The molecular formula is C8H16N6O. The minimum Gasteiger partial charge on any atom is -0.376 e. The highest BCUT2D eigenvalue weighted by Crippen LogP contribution is 2.12. The van der Waals surface area contributed by atoms with Gasteiger partial charge in [0, 0.05) is 28.2 Å². The molecule has 0 aliphatic heterocycles. The van der Waals surface area contributed by atoms with Crippen molar-refractivity contribution in [3.63, 3.8) is 0 Å². The minimum absolute atomic E-state index is 0.139. The SMILES string of the molecule is CNc1nc(N(C)C)nc(N(C)CO)n1. The second kappa shape index (κ2) is 4.74. The van der Waals surface area contributed by atoms with E-state index in [1.807, 2.05) is 14.1 Å². The van der Waals surface area contributed by atoms with E-state index >= 15 is 0 Å². The summed E-state index contributed by atoms with van der Waals surface area (Å²) in [5.41, 5.74) is 0. The largest absolute Gasteiger partial charge is 0.376 e. The molecule has 0 fully saturated rings. The van der Waals surface area contributed by atoms with Crippen molar-refractivity contribution < 1.29 is 5.11 Å². The molecular weight excluding hydrogens is 196 g/mol. The maximum Gasteiger partial charge on any atom is 0.233 e. The van der Waals surface area contributed by atoms with E-state index in [4.69, 9.17) is 5.11 Å². The smallest absolute Gasteiger partial charge is 0.233 e. The fourth-order valence-electron chi connectivity index (χ4n) is 0.900. The Morgan fingerprint density at radius 2 is 1.73 bits per heavy atom. The second-order valence-corrected chi connectivity index (χ2v) is 3.24. The lowest BCUT2D eigenvalue weighted by molar-refractivity contribution is 0.296. The van der Waals surface area contributed by atoms with Crippen LogP contribution < -0.4 is 15.1 Å². The number of aromatic nitrogens is 3. The molecule has 0 aliphatic rings. The van der Waals surface area contributed by atoms with Crippen LogP contribution in [0.5, 0.6) is 0 Å². The van der Waals surface area contributed by atoms with Gasteiger partial charge in [0.2, 0.25) is 17.8 Å². The van der Waals surface area contributed by atoms with E-state index in [-0.39, 0.29) is 6.73 Å². The molecule has 1 aromatic heterocycles. The number of nitrogens with one attached hydrogen (secondary N) is 1. The lowest BCUT2D eigenvalue weighted by atomic mass is 10.7. The molecule has 0 amide bonds. The van der Waals surface area contributed by atoms with E-state index in [2.05, 4.69) is 20.3 Å². The molecule has 7 heteroatoms. The Hall–Kier alpha value is -1.63. The van der Waals surface area contributed by atoms with Crippen molar-refractivity contribution in [2.75, 3.05) is 50.0 Å². The van der Waals surface area contributed by atoms with E-state index in [0.717, 1.165) is 0 Å². The number of aliphatic hydroxyl groups excluding tert-OH is 1. The van der Waals surface area contributed by atoms with Gasteiger partial charge in [0.05, 0.1) is 0 Å². The van der Waals surface area contributed by atoms with Crippen LogP contribution in [0.3, 0.4) is 0 Å². The predicted molar refractivity (Wildman–Crippen MR) is 59.2 cm³/mol. The van der Waals surface area contributed by atoms with E-state index in [1.165, 1.54) is 4.90 Å². The Morgan fingerprint density at radius 3 is 2.20 bits per heavy atom. The molecule has 0 bridgehead atoms. The third-order valence-corrected chi connectivity index (χ3v) is 1.79. The van der Waals surface area contributed by atoms with Gasteiger partial charge in [-0.15, -0.1) is 0 Å². The first kappa shape index (κ1) is 11.4. The van der Waals surface area contributed by atoms with Crippen molar-refractivity contribution in [1.82, 2.24) is 15.0 Å². The van der Waals surface area contributed by atoms with Crippen molar-refractivity contribution >= 4 is 17.8 Å². The average molecular weight is 212 g/mol. The summed E-state index contributed by atoms with van der Waals surface area (Å²) in [7, 11) is 7.13. The molecule has 2 N–H and O–H groups in total. The fourth-order valence-corrected chi connectivity index (χ4v) is 0.900. The van der Waals surface area contributed by atoms with Crippen LogP contribution in [-0.4, -0.2) is 55.0 Å². The van der Waals surface area contributed by atoms with Crippen LogP contribution >= 0.6 is 0 Å². The van der Waals surface area contributed by atoms with Crippen molar-refractivity contribution in [2.45, 2.75) is 0 Å². The number of anilines is 3. The first-order chi connectivity index (χ1) is 7.08. The van der Waals surface area contributed by atoms with Gasteiger partial charge in [0.15, 0.2) is 0 Å². The summed E-state index contributed by atoms with van der Waals surface area (Å²) in [6.45, 7) is -0.139. The topological polar surface area (TPSA) is 77.4 Å². The summed E-state index contributed by atoms with van der Waals surface area (Å²) in [5.74, 6) is 1.45. The molecule has 0 aliphatic carbocycles. The quantitative estimate of drug-likeness (QED) is 0.643. The molecule has 0 saturated carbocycles. The van der Waals surface area contributed by atoms with Gasteiger partial charge in [-0.05, 0) is 0 Å². The fraction of sp³-hybridized carbons (Fsp3) is 0.625. The van der Waals surface area contributed by atoms with Crippen LogP contribution in [0.4, 0.5) is 17.8 Å². The van der Waals surface area contributed by atoms with Crippen molar-refractivity contribution in [2.24, 2.45) is 0 Å². The van der Waals surface area contributed by atoms with Gasteiger partial charge in [0.1, 0.15) is 6.73 Å². The summed E-state index contributed by atoms with van der Waals surface area (Å²) in [6.07, 6.45) is 0. The molecule has 0 atom stereocenters. The minimum atomic E-state index is -0.139. The number of hydrogen-bond acceptors (Lipinski definition) is 7. The summed E-state index contributed by atoms with van der Waals surface area (Å²) in [6, 6.07) is 0. The third kappa shape index (κ3) is 2.66. The second-order valence-electron chi connectivity index (χ2n) is 3.24. The third-order valence-electron chi connectivity index (χ3n) is 1.79. The van der Waals surface area contributed by atoms with Crippen molar-refractivity contribution in [3.8, 4) is 0 Å². The molecule has 0 unspecified atom stereocenters. The molecule has 1 rings (SSSR count). The van der Waals surface area contributed by atoms with E-state index in [1.54, 1.807) is 19.0 Å². The van der Waals surface area contributed by atoms with Crippen molar-refractivity contribution in [1.29, 1.82) is 0 Å². The molecule has 0 spiro atoms. The van der Waals surface area contributed by atoms with Crippen LogP contribution in [0.1, 0.15) is 0 Å². The Labute approximate surface area is 88.8 Å². The summed E-state index contributed by atoms with van der Waals surface area (Å²) < 4.78 is 0. The normalized spacial score (nSPS) is 9.93. The van der Waals surface area contributed by atoms with Gasteiger partial charge in [-0.3, -0.25) is 0 Å². The molecule has 0 aromatic carbocycles. The average Bonchev–Trinajstić information content (AvgIpc) is 2.27. The van der Waals surface area contributed by atoms with E-state index in [9.17, 15) is 0 Å². The lowest BCUT2D eigenvalue weighted by Crippen LogP contribution is -2.23. The number of aliphatic hydroxyl groups is 1. The lowest BCUT2D eigenvalue weighted by Gasteiger charge is -2.17. The predicted octanol–water partition coefficient (Wildman–Crippen LogP) is -0.635. The zero-order valence-corrected chi connectivity index (χ0v) is 9.39. The van der Waals surface area contributed by atoms with E-state index in [0.29, 0.717) is 17.8 Å². The highest BCUT2D eigenvalue weighted by molar-refractivity contribution is 5.43. The van der Waals surface area contributed by atoms with Gasteiger partial charge < -0.3 is 20.2 Å². The van der Waals surface area contributed by atoms with Crippen LogP contribution in [0.15, 0.2) is 0 Å². The summed E-state index contributed by atoms with van der Waals surface area (Å²) >= 11 is 0. The van der Waals surface area contributed by atoms with Gasteiger partial charge in [-0.1, -0.05) is 0 Å². The Balaban J connectivity index is 3.11. The number of rotatable bonds is 4. The molecule has 0 radical (unpaired) electrons. The maximum atomic E-state index is 8.97.